The number of hydrogen-bond acceptors (Lipinski definition) is 5. The first-order valence-electron chi connectivity index (χ1n) is 6.83. The van der Waals surface area contributed by atoms with E-state index < -0.39 is 28.7 Å². The van der Waals surface area contributed by atoms with Crippen molar-refractivity contribution in [3.8, 4) is 21.4 Å². The van der Waals surface area contributed by atoms with Crippen molar-refractivity contribution in [1.82, 2.24) is 10.3 Å². The van der Waals surface area contributed by atoms with Crippen molar-refractivity contribution in [1.29, 1.82) is 0 Å². The normalized spacial score (nSPS) is 12.1. The van der Waals surface area contributed by atoms with Crippen LogP contribution in [0.5, 0.6) is 10.9 Å². The fourth-order valence-corrected chi connectivity index (χ4v) is 2.72. The molecule has 130 valence electrons. The van der Waals surface area contributed by atoms with Crippen LogP contribution in [0.15, 0.2) is 24.3 Å². The van der Waals surface area contributed by atoms with Gasteiger partial charge in [-0.15, -0.1) is 0 Å². The van der Waals surface area contributed by atoms with Gasteiger partial charge in [0.1, 0.15) is 5.75 Å². The molecule has 2 N–H and O–H groups in total. The molecule has 1 amide bonds. The monoisotopic (exact) mass is 360 g/mol. The van der Waals surface area contributed by atoms with Crippen LogP contribution in [-0.4, -0.2) is 21.7 Å². The number of halogens is 3. The largest absolute Gasteiger partial charge is 0.508 e. The number of carbonyl (C=O) groups is 1. The molecule has 0 aliphatic carbocycles. The van der Waals surface area contributed by atoms with Crippen LogP contribution in [0.2, 0.25) is 0 Å². The van der Waals surface area contributed by atoms with Crippen molar-refractivity contribution >= 4 is 17.4 Å². The van der Waals surface area contributed by atoms with Crippen molar-refractivity contribution in [3.05, 3.63) is 30.0 Å². The third-order valence-corrected chi connectivity index (χ3v) is 3.62. The lowest BCUT2D eigenvalue weighted by Gasteiger charge is -2.19. The maximum Gasteiger partial charge on any atom is 0.434 e. The molecular weight excluding hydrogens is 345 g/mol. The van der Waals surface area contributed by atoms with Gasteiger partial charge in [0.05, 0.1) is 4.88 Å². The zero-order chi connectivity index (χ0) is 18.1. The summed E-state index contributed by atoms with van der Waals surface area (Å²) in [6.07, 6.45) is -5.62. The van der Waals surface area contributed by atoms with E-state index in [-0.39, 0.29) is 16.2 Å². The van der Waals surface area contributed by atoms with E-state index in [1.807, 2.05) is 0 Å². The second-order valence-corrected chi connectivity index (χ2v) is 6.93. The lowest BCUT2D eigenvalue weighted by atomic mass is 10.1. The van der Waals surface area contributed by atoms with E-state index in [1.165, 1.54) is 24.3 Å². The number of hydrogen-bond donors (Lipinski definition) is 2. The number of phenolic OH excluding ortho intramolecular Hbond substituents is 1. The number of amides is 1. The number of benzene rings is 1. The van der Waals surface area contributed by atoms with Crippen molar-refractivity contribution in [2.24, 2.45) is 0 Å². The Labute approximate surface area is 140 Å². The molecule has 0 aliphatic rings. The molecule has 24 heavy (non-hydrogen) atoms. The van der Waals surface area contributed by atoms with Gasteiger partial charge in [-0.3, -0.25) is 0 Å². The number of phenols is 1. The third-order valence-electron chi connectivity index (χ3n) is 2.64. The molecule has 0 saturated heterocycles. The van der Waals surface area contributed by atoms with E-state index in [2.05, 4.69) is 10.3 Å². The average molecular weight is 360 g/mol. The number of ether oxygens (including phenoxy) is 1. The summed E-state index contributed by atoms with van der Waals surface area (Å²) in [5.74, 6) is -0.179. The molecule has 0 atom stereocenters. The molecule has 0 bridgehead atoms. The highest BCUT2D eigenvalue weighted by atomic mass is 32.1. The minimum Gasteiger partial charge on any atom is -0.508 e. The van der Waals surface area contributed by atoms with Gasteiger partial charge in [-0.25, -0.2) is 4.79 Å². The van der Waals surface area contributed by atoms with Crippen LogP contribution < -0.4 is 10.1 Å². The quantitative estimate of drug-likeness (QED) is 0.832. The lowest BCUT2D eigenvalue weighted by molar-refractivity contribution is -0.140. The van der Waals surface area contributed by atoms with Crippen LogP contribution in [0.3, 0.4) is 0 Å². The fraction of sp³-hybridized carbons (Fsp3) is 0.333. The van der Waals surface area contributed by atoms with Crippen LogP contribution in [0.4, 0.5) is 18.0 Å². The van der Waals surface area contributed by atoms with Crippen molar-refractivity contribution in [2.45, 2.75) is 32.5 Å². The summed E-state index contributed by atoms with van der Waals surface area (Å²) < 4.78 is 44.4. The summed E-state index contributed by atoms with van der Waals surface area (Å²) >= 11 is 0.577. The van der Waals surface area contributed by atoms with E-state index in [0.29, 0.717) is 11.3 Å². The number of rotatable bonds is 2. The predicted octanol–water partition coefficient (Wildman–Crippen LogP) is 4.42. The van der Waals surface area contributed by atoms with Crippen LogP contribution in [0.25, 0.3) is 10.4 Å². The molecular formula is C15H15F3N2O3S. The maximum absolute atomic E-state index is 13.2. The zero-order valence-corrected chi connectivity index (χ0v) is 13.9. The number of alkyl halides is 3. The summed E-state index contributed by atoms with van der Waals surface area (Å²) in [4.78, 5) is 14.8. The first kappa shape index (κ1) is 18.1. The Morgan fingerprint density at radius 1 is 1.29 bits per heavy atom. The summed E-state index contributed by atoms with van der Waals surface area (Å²) in [6.45, 7) is 5.11. The standard InChI is InChI=1S/C15H15F3N2O3S/c1-14(2,3)20-12(22)23-13-19-11(15(16,17)18)10(24-13)8-5-4-6-9(21)7-8/h4-7,21H,1-3H3,(H,20,22). The number of nitrogens with zero attached hydrogens (tertiary/aromatic N) is 1. The number of aromatic hydroxyl groups is 1. The molecule has 1 aromatic carbocycles. The first-order valence-corrected chi connectivity index (χ1v) is 7.65. The Bertz CT molecular complexity index is 751. The Hall–Kier alpha value is -2.29. The van der Waals surface area contributed by atoms with Crippen molar-refractivity contribution in [3.63, 3.8) is 0 Å². The van der Waals surface area contributed by atoms with Gasteiger partial charge >= 0.3 is 12.3 Å². The van der Waals surface area contributed by atoms with Gasteiger partial charge in [0.2, 0.25) is 0 Å². The molecule has 5 nitrogen and oxygen atoms in total. The SMILES string of the molecule is CC(C)(C)NC(=O)Oc1nc(C(F)(F)F)c(-c2cccc(O)c2)s1. The minimum absolute atomic E-state index is 0.130. The van der Waals surface area contributed by atoms with E-state index >= 15 is 0 Å². The Morgan fingerprint density at radius 3 is 2.50 bits per heavy atom. The van der Waals surface area contributed by atoms with Gasteiger partial charge in [-0.1, -0.05) is 23.5 Å². The molecule has 2 aromatic rings. The fourth-order valence-electron chi connectivity index (χ4n) is 1.79. The molecule has 0 aliphatic heterocycles. The van der Waals surface area contributed by atoms with Crippen LogP contribution >= 0.6 is 11.3 Å². The molecule has 1 heterocycles. The Morgan fingerprint density at radius 2 is 1.96 bits per heavy atom. The first-order chi connectivity index (χ1) is 11.0. The van der Waals surface area contributed by atoms with E-state index in [4.69, 9.17) is 4.74 Å². The number of aromatic nitrogens is 1. The highest BCUT2D eigenvalue weighted by Crippen LogP contribution is 2.43. The molecule has 0 unspecified atom stereocenters. The summed E-state index contributed by atoms with van der Waals surface area (Å²) in [5.41, 5.74) is -1.64. The van der Waals surface area contributed by atoms with Gasteiger partial charge < -0.3 is 15.2 Å². The number of carbonyl (C=O) groups excluding carboxylic acids is 1. The zero-order valence-electron chi connectivity index (χ0n) is 13.1. The number of nitrogens with one attached hydrogen (secondary N) is 1. The molecule has 2 rings (SSSR count). The second kappa shape index (κ2) is 6.31. The summed E-state index contributed by atoms with van der Waals surface area (Å²) in [6, 6.07) is 5.34. The lowest BCUT2D eigenvalue weighted by Crippen LogP contribution is -2.42. The second-order valence-electron chi connectivity index (χ2n) is 5.97. The minimum atomic E-state index is -4.72. The molecule has 0 fully saturated rings. The molecule has 9 heteroatoms. The van der Waals surface area contributed by atoms with E-state index in [1.54, 1.807) is 20.8 Å². The highest BCUT2D eigenvalue weighted by Gasteiger charge is 2.38. The number of thiazole rings is 1. The third kappa shape index (κ3) is 4.60. The van der Waals surface area contributed by atoms with E-state index in [9.17, 15) is 23.1 Å². The van der Waals surface area contributed by atoms with Gasteiger partial charge in [-0.2, -0.15) is 18.2 Å². The molecule has 0 radical (unpaired) electrons. The van der Waals surface area contributed by atoms with Gasteiger partial charge in [0.15, 0.2) is 5.69 Å². The van der Waals surface area contributed by atoms with Gasteiger partial charge in [0, 0.05) is 5.54 Å². The summed E-state index contributed by atoms with van der Waals surface area (Å²) in [5, 5.41) is 11.5. The van der Waals surface area contributed by atoms with Crippen molar-refractivity contribution in [2.75, 3.05) is 0 Å². The van der Waals surface area contributed by atoms with Gasteiger partial charge in [-0.05, 0) is 38.5 Å². The van der Waals surface area contributed by atoms with Crippen LogP contribution in [0.1, 0.15) is 26.5 Å². The van der Waals surface area contributed by atoms with Gasteiger partial charge in [0.25, 0.3) is 5.19 Å². The van der Waals surface area contributed by atoms with Crippen LogP contribution in [0, 0.1) is 0 Å². The van der Waals surface area contributed by atoms with Crippen LogP contribution in [-0.2, 0) is 6.18 Å². The van der Waals surface area contributed by atoms with E-state index in [0.717, 1.165) is 0 Å². The molecule has 1 aromatic heterocycles. The smallest absolute Gasteiger partial charge is 0.434 e. The Kier molecular flexibility index (Phi) is 4.75. The summed E-state index contributed by atoms with van der Waals surface area (Å²) in [7, 11) is 0. The maximum atomic E-state index is 13.2. The topological polar surface area (TPSA) is 71.5 Å². The highest BCUT2D eigenvalue weighted by molar-refractivity contribution is 7.17. The predicted molar refractivity (Wildman–Crippen MR) is 83.1 cm³/mol. The molecule has 0 saturated carbocycles. The van der Waals surface area contributed by atoms with Crippen molar-refractivity contribution < 1.29 is 27.8 Å². The average Bonchev–Trinajstić information content (AvgIpc) is 2.80. The molecule has 0 spiro atoms. The Balaban J connectivity index is 2.38.